The number of aryl methyl sites for hydroxylation is 1. The van der Waals surface area contributed by atoms with Crippen molar-refractivity contribution >= 4 is 41.6 Å². The van der Waals surface area contributed by atoms with Gasteiger partial charge in [0.05, 0.1) is 30.1 Å². The summed E-state index contributed by atoms with van der Waals surface area (Å²) in [7, 11) is 1.82. The molecule has 2 aromatic heterocycles. The van der Waals surface area contributed by atoms with Crippen LogP contribution in [0.3, 0.4) is 0 Å². The van der Waals surface area contributed by atoms with Crippen LogP contribution in [0.1, 0.15) is 10.5 Å². The molecule has 3 heterocycles. The molecule has 0 unspecified atom stereocenters. The number of carbonyl (C=O) groups is 1. The van der Waals surface area contributed by atoms with E-state index >= 15 is 0 Å². The highest BCUT2D eigenvalue weighted by Crippen LogP contribution is 2.26. The molecule has 10 heteroatoms. The second-order valence-corrected chi connectivity index (χ2v) is 6.71. The van der Waals surface area contributed by atoms with E-state index in [-0.39, 0.29) is 30.7 Å². The Hall–Kier alpha value is -2.26. The van der Waals surface area contributed by atoms with Crippen LogP contribution in [0.25, 0.3) is 22.3 Å². The maximum atomic E-state index is 12.5. The summed E-state index contributed by atoms with van der Waals surface area (Å²) < 4.78 is 8.65. The third-order valence-electron chi connectivity index (χ3n) is 4.94. The molecule has 8 nitrogen and oxygen atoms in total. The Morgan fingerprint density at radius 1 is 1.17 bits per heavy atom. The van der Waals surface area contributed by atoms with Gasteiger partial charge in [-0.2, -0.15) is 5.10 Å². The van der Waals surface area contributed by atoms with Gasteiger partial charge >= 0.3 is 0 Å². The van der Waals surface area contributed by atoms with Crippen molar-refractivity contribution in [2.75, 3.05) is 45.2 Å². The molecule has 3 aromatic rings. The summed E-state index contributed by atoms with van der Waals surface area (Å²) in [5, 5.41) is 8.36. The fourth-order valence-electron chi connectivity index (χ4n) is 3.43. The Bertz CT molecular complexity index is 965. The smallest absolute Gasteiger partial charge is 0.271 e. The average molecular weight is 441 g/mol. The summed E-state index contributed by atoms with van der Waals surface area (Å²) >= 11 is 0. The predicted molar refractivity (Wildman–Crippen MR) is 118 cm³/mol. The first-order chi connectivity index (χ1) is 13.1. The van der Waals surface area contributed by atoms with Crippen LogP contribution in [-0.2, 0) is 11.8 Å². The lowest BCUT2D eigenvalue weighted by atomic mass is 10.2. The van der Waals surface area contributed by atoms with Crippen LogP contribution < -0.4 is 11.2 Å². The number of nitrogen functional groups attached to an aromatic ring is 1. The number of amides is 1. The van der Waals surface area contributed by atoms with Crippen molar-refractivity contribution in [1.29, 1.82) is 0 Å². The van der Waals surface area contributed by atoms with Crippen molar-refractivity contribution in [1.82, 2.24) is 24.7 Å². The monoisotopic (exact) mass is 440 g/mol. The molecule has 0 bridgehead atoms. The van der Waals surface area contributed by atoms with E-state index in [2.05, 4.69) is 15.3 Å². The van der Waals surface area contributed by atoms with Gasteiger partial charge in [0, 0.05) is 38.6 Å². The van der Waals surface area contributed by atoms with Crippen LogP contribution in [0.4, 0.5) is 0 Å². The number of nitrogens with one attached hydrogen (secondary N) is 1. The lowest BCUT2D eigenvalue weighted by Crippen LogP contribution is -2.41. The molecule has 1 fully saturated rings. The number of ether oxygens (including phenoxy) is 1. The zero-order chi connectivity index (χ0) is 18.8. The molecule has 158 valence electrons. The summed E-state index contributed by atoms with van der Waals surface area (Å²) in [6, 6.07) is 11.7. The highest BCUT2D eigenvalue weighted by Gasteiger charge is 2.18. The number of hydrogen-bond acceptors (Lipinski definition) is 5. The maximum Gasteiger partial charge on any atom is 0.271 e. The minimum Gasteiger partial charge on any atom is -0.379 e. The normalized spacial score (nSPS) is 14.2. The lowest BCUT2D eigenvalue weighted by molar-refractivity contribution is 0.0383. The molecular weight excluding hydrogens is 415 g/mol. The van der Waals surface area contributed by atoms with Gasteiger partial charge in [-0.25, -0.2) is 0 Å². The highest BCUT2D eigenvalue weighted by atomic mass is 35.5. The van der Waals surface area contributed by atoms with E-state index in [4.69, 9.17) is 10.6 Å². The van der Waals surface area contributed by atoms with Crippen LogP contribution in [-0.4, -0.2) is 64.7 Å². The summed E-state index contributed by atoms with van der Waals surface area (Å²) in [6.07, 6.45) is 0. The number of fused-ring (bicyclic) bond motifs is 1. The molecule has 0 aliphatic carbocycles. The van der Waals surface area contributed by atoms with Gasteiger partial charge in [-0.1, -0.05) is 18.2 Å². The number of hydrogen-bond donors (Lipinski definition) is 2. The van der Waals surface area contributed by atoms with Crippen LogP contribution in [0, 0.1) is 0 Å². The van der Waals surface area contributed by atoms with Gasteiger partial charge < -0.3 is 15.9 Å². The Balaban J connectivity index is 0.00000150. The molecule has 1 amide bonds. The van der Waals surface area contributed by atoms with E-state index in [1.165, 1.54) is 0 Å². The molecule has 4 rings (SSSR count). The first kappa shape index (κ1) is 23.0. The van der Waals surface area contributed by atoms with Crippen molar-refractivity contribution in [3.8, 4) is 11.4 Å². The maximum absolute atomic E-state index is 12.5. The van der Waals surface area contributed by atoms with Crippen molar-refractivity contribution in [3.63, 3.8) is 0 Å². The number of para-hydroxylation sites is 1. The molecule has 1 aromatic carbocycles. The van der Waals surface area contributed by atoms with Gasteiger partial charge in [-0.15, -0.1) is 24.8 Å². The van der Waals surface area contributed by atoms with E-state index in [9.17, 15) is 4.79 Å². The van der Waals surface area contributed by atoms with Gasteiger partial charge in [0.2, 0.25) is 0 Å². The quantitative estimate of drug-likeness (QED) is 0.588. The van der Waals surface area contributed by atoms with E-state index in [0.717, 1.165) is 55.1 Å². The number of nitrogens with zero attached hydrogens (tertiary/aromatic N) is 4. The number of rotatable bonds is 5. The fraction of sp³-hybridized carbons (Fsp3) is 0.368. The Kier molecular flexibility index (Phi) is 7.92. The number of benzene rings is 1. The summed E-state index contributed by atoms with van der Waals surface area (Å²) in [6.45, 7) is 4.72. The summed E-state index contributed by atoms with van der Waals surface area (Å²) in [5.41, 5.74) is 2.94. The number of morpholine rings is 1. The predicted octanol–water partition coefficient (Wildman–Crippen LogP) is 1.66. The van der Waals surface area contributed by atoms with Crippen LogP contribution >= 0.6 is 24.8 Å². The fourth-order valence-corrected chi connectivity index (χ4v) is 3.43. The van der Waals surface area contributed by atoms with Crippen molar-refractivity contribution in [2.45, 2.75) is 0 Å². The number of aromatic nitrogens is 3. The molecule has 29 heavy (non-hydrogen) atoms. The van der Waals surface area contributed by atoms with Crippen molar-refractivity contribution in [2.24, 2.45) is 7.05 Å². The minimum absolute atomic E-state index is 0. The zero-order valence-electron chi connectivity index (χ0n) is 16.2. The van der Waals surface area contributed by atoms with E-state index in [1.807, 2.05) is 37.4 Å². The summed E-state index contributed by atoms with van der Waals surface area (Å²) in [4.78, 5) is 14.8. The molecule has 0 saturated carbocycles. The molecule has 0 spiro atoms. The van der Waals surface area contributed by atoms with Gasteiger partial charge in [-0.3, -0.25) is 19.1 Å². The Morgan fingerprint density at radius 3 is 2.62 bits per heavy atom. The third kappa shape index (κ3) is 4.84. The van der Waals surface area contributed by atoms with Crippen LogP contribution in [0.5, 0.6) is 0 Å². The number of carbonyl (C=O) groups excluding carboxylic acids is 1. The first-order valence-corrected chi connectivity index (χ1v) is 9.12. The SMILES string of the molecule is Cl.Cl.Cn1nc(C(=O)NCCN2CCOCC2)cc1-c1cc2ccccc2n1N. The zero-order valence-corrected chi connectivity index (χ0v) is 17.8. The molecule has 1 aliphatic heterocycles. The van der Waals surface area contributed by atoms with E-state index < -0.39 is 0 Å². The number of nitrogens with two attached hydrogens (primary N) is 1. The van der Waals surface area contributed by atoms with Gasteiger partial charge in [0.1, 0.15) is 0 Å². The molecule has 3 N–H and O–H groups in total. The third-order valence-corrected chi connectivity index (χ3v) is 4.94. The topological polar surface area (TPSA) is 90.3 Å². The molecule has 1 saturated heterocycles. The molecule has 1 aliphatic rings. The first-order valence-electron chi connectivity index (χ1n) is 9.12. The second-order valence-electron chi connectivity index (χ2n) is 6.71. The Labute approximate surface area is 181 Å². The standard InChI is InChI=1S/C19H24N6O2.2ClH/c1-23-17(18-12-14-4-2-3-5-16(14)25(18)20)13-15(22-23)19(26)21-6-7-24-8-10-27-11-9-24;;/h2-5,12-13H,6-11,20H2,1H3,(H,21,26);2*1H. The van der Waals surface area contributed by atoms with Gasteiger partial charge in [0.15, 0.2) is 5.69 Å². The minimum atomic E-state index is -0.176. The van der Waals surface area contributed by atoms with Crippen LogP contribution in [0.15, 0.2) is 36.4 Å². The van der Waals surface area contributed by atoms with E-state index in [0.29, 0.717) is 12.2 Å². The highest BCUT2D eigenvalue weighted by molar-refractivity contribution is 5.94. The lowest BCUT2D eigenvalue weighted by Gasteiger charge is -2.26. The molecule has 0 atom stereocenters. The van der Waals surface area contributed by atoms with Crippen molar-refractivity contribution < 1.29 is 9.53 Å². The van der Waals surface area contributed by atoms with Crippen molar-refractivity contribution in [3.05, 3.63) is 42.1 Å². The van der Waals surface area contributed by atoms with Gasteiger partial charge in [-0.05, 0) is 18.2 Å². The molecular formula is C19H26Cl2N6O2. The summed E-state index contributed by atoms with van der Waals surface area (Å²) in [5.74, 6) is 6.07. The van der Waals surface area contributed by atoms with E-state index in [1.54, 1.807) is 15.4 Å². The Morgan fingerprint density at radius 2 is 1.90 bits per heavy atom. The largest absolute Gasteiger partial charge is 0.379 e. The molecule has 0 radical (unpaired) electrons. The van der Waals surface area contributed by atoms with Crippen LogP contribution in [0.2, 0.25) is 0 Å². The average Bonchev–Trinajstić information content (AvgIpc) is 3.23. The second kappa shape index (κ2) is 9.98. The van der Waals surface area contributed by atoms with Gasteiger partial charge in [0.25, 0.3) is 5.91 Å². The number of halogens is 2.